The van der Waals surface area contributed by atoms with E-state index in [-0.39, 0.29) is 11.6 Å². The highest BCUT2D eigenvalue weighted by Gasteiger charge is 2.53. The number of carbonyl (C=O) groups excluding carboxylic acids is 1. The molecule has 21 heavy (non-hydrogen) atoms. The molecule has 4 aliphatic carbocycles. The van der Waals surface area contributed by atoms with Gasteiger partial charge in [-0.15, -0.1) is 0 Å². The third-order valence-corrected chi connectivity index (χ3v) is 6.05. The second-order valence-corrected chi connectivity index (χ2v) is 7.50. The first-order chi connectivity index (χ1) is 10.1. The van der Waals surface area contributed by atoms with Gasteiger partial charge in [-0.25, -0.2) is 4.79 Å². The highest BCUT2D eigenvalue weighted by atomic mass is 16.2. The molecule has 4 aliphatic rings. The van der Waals surface area contributed by atoms with Crippen LogP contribution >= 0.6 is 0 Å². The molecule has 4 bridgehead atoms. The predicted octanol–water partition coefficient (Wildman–Crippen LogP) is 4.12. The molecule has 4 fully saturated rings. The van der Waals surface area contributed by atoms with Gasteiger partial charge in [-0.2, -0.15) is 0 Å². The van der Waals surface area contributed by atoms with Crippen LogP contribution in [0.4, 0.5) is 10.5 Å². The minimum atomic E-state index is 0.0585. The van der Waals surface area contributed by atoms with Crippen molar-refractivity contribution >= 4 is 11.7 Å². The molecule has 4 saturated carbocycles. The van der Waals surface area contributed by atoms with Crippen LogP contribution in [0.5, 0.6) is 0 Å². The first kappa shape index (κ1) is 13.2. The minimum absolute atomic E-state index is 0.0585. The van der Waals surface area contributed by atoms with Gasteiger partial charge < -0.3 is 10.2 Å². The predicted molar refractivity (Wildman–Crippen MR) is 84.1 cm³/mol. The lowest BCUT2D eigenvalue weighted by Gasteiger charge is -2.59. The molecule has 0 radical (unpaired) electrons. The highest BCUT2D eigenvalue weighted by molar-refractivity contribution is 5.89. The van der Waals surface area contributed by atoms with Gasteiger partial charge >= 0.3 is 6.03 Å². The Morgan fingerprint density at radius 3 is 2.10 bits per heavy atom. The van der Waals surface area contributed by atoms with E-state index >= 15 is 0 Å². The summed E-state index contributed by atoms with van der Waals surface area (Å²) in [5.74, 6) is 2.59. The SMILES string of the molecule is CN(C(=O)Nc1ccccc1)C12CC3CC(CC(C3)C1)C2. The highest BCUT2D eigenvalue weighted by Crippen LogP contribution is 2.57. The molecule has 3 heteroatoms. The van der Waals surface area contributed by atoms with Gasteiger partial charge in [-0.3, -0.25) is 0 Å². The van der Waals surface area contributed by atoms with E-state index in [4.69, 9.17) is 0 Å². The van der Waals surface area contributed by atoms with Crippen LogP contribution in [0.1, 0.15) is 38.5 Å². The van der Waals surface area contributed by atoms with E-state index < -0.39 is 0 Å². The van der Waals surface area contributed by atoms with Crippen molar-refractivity contribution in [2.75, 3.05) is 12.4 Å². The zero-order valence-corrected chi connectivity index (χ0v) is 12.7. The van der Waals surface area contributed by atoms with Crippen LogP contribution in [0.2, 0.25) is 0 Å². The standard InChI is InChI=1S/C18H24N2O/c1-20(17(21)19-16-5-3-2-4-6-16)18-10-13-7-14(11-18)9-15(8-13)12-18/h2-6,13-15H,7-12H2,1H3,(H,19,21). The molecular weight excluding hydrogens is 260 g/mol. The summed E-state index contributed by atoms with van der Waals surface area (Å²) in [5.41, 5.74) is 1.02. The largest absolute Gasteiger partial charge is 0.322 e. The number of nitrogens with one attached hydrogen (secondary N) is 1. The number of urea groups is 1. The maximum atomic E-state index is 12.6. The van der Waals surface area contributed by atoms with Gasteiger partial charge in [-0.05, 0) is 68.4 Å². The number of rotatable bonds is 2. The fourth-order valence-electron chi connectivity index (χ4n) is 5.42. The fraction of sp³-hybridized carbons (Fsp3) is 0.611. The monoisotopic (exact) mass is 284 g/mol. The van der Waals surface area contributed by atoms with Crippen molar-refractivity contribution in [1.29, 1.82) is 0 Å². The van der Waals surface area contributed by atoms with Crippen molar-refractivity contribution < 1.29 is 4.79 Å². The van der Waals surface area contributed by atoms with E-state index in [1.165, 1.54) is 38.5 Å². The van der Waals surface area contributed by atoms with Crippen LogP contribution in [0.3, 0.4) is 0 Å². The second kappa shape index (κ2) is 4.75. The number of para-hydroxylation sites is 1. The van der Waals surface area contributed by atoms with Gasteiger partial charge in [0, 0.05) is 18.3 Å². The third-order valence-electron chi connectivity index (χ3n) is 6.05. The van der Waals surface area contributed by atoms with Crippen LogP contribution in [0.15, 0.2) is 30.3 Å². The molecule has 0 unspecified atom stereocenters. The molecule has 2 amide bonds. The topological polar surface area (TPSA) is 32.3 Å². The number of amides is 2. The first-order valence-electron chi connectivity index (χ1n) is 8.24. The average Bonchev–Trinajstić information content (AvgIpc) is 2.46. The van der Waals surface area contributed by atoms with E-state index in [1.807, 2.05) is 42.3 Å². The van der Waals surface area contributed by atoms with E-state index in [0.29, 0.717) is 0 Å². The molecule has 1 N–H and O–H groups in total. The Hall–Kier alpha value is -1.51. The van der Waals surface area contributed by atoms with Crippen LogP contribution in [0, 0.1) is 17.8 Å². The zero-order chi connectivity index (χ0) is 14.4. The molecule has 1 aromatic carbocycles. The summed E-state index contributed by atoms with van der Waals surface area (Å²) in [4.78, 5) is 14.7. The Labute approximate surface area is 126 Å². The molecule has 0 saturated heterocycles. The molecule has 1 aromatic rings. The van der Waals surface area contributed by atoms with Crippen LogP contribution < -0.4 is 5.32 Å². The van der Waals surface area contributed by atoms with E-state index in [9.17, 15) is 4.79 Å². The van der Waals surface area contributed by atoms with Crippen LogP contribution in [-0.4, -0.2) is 23.5 Å². The van der Waals surface area contributed by atoms with E-state index in [0.717, 1.165) is 23.4 Å². The maximum Gasteiger partial charge on any atom is 0.322 e. The number of nitrogens with zero attached hydrogens (tertiary/aromatic N) is 1. The zero-order valence-electron chi connectivity index (χ0n) is 12.7. The number of hydrogen-bond donors (Lipinski definition) is 1. The van der Waals surface area contributed by atoms with Crippen molar-refractivity contribution in [2.45, 2.75) is 44.1 Å². The second-order valence-electron chi connectivity index (χ2n) is 7.50. The number of carbonyl (C=O) groups is 1. The molecule has 0 spiro atoms. The first-order valence-corrected chi connectivity index (χ1v) is 8.24. The van der Waals surface area contributed by atoms with Crippen LogP contribution in [-0.2, 0) is 0 Å². The van der Waals surface area contributed by atoms with Gasteiger partial charge in [0.25, 0.3) is 0 Å². The third kappa shape index (κ3) is 2.23. The van der Waals surface area contributed by atoms with E-state index in [1.54, 1.807) is 0 Å². The molecular formula is C18H24N2O. The quantitative estimate of drug-likeness (QED) is 0.870. The molecule has 3 nitrogen and oxygen atoms in total. The lowest BCUT2D eigenvalue weighted by molar-refractivity contribution is -0.0604. The van der Waals surface area contributed by atoms with E-state index in [2.05, 4.69) is 5.32 Å². The summed E-state index contributed by atoms with van der Waals surface area (Å²) in [7, 11) is 2.01. The summed E-state index contributed by atoms with van der Waals surface area (Å²) < 4.78 is 0. The molecule has 112 valence electrons. The number of hydrogen-bond acceptors (Lipinski definition) is 1. The Balaban J connectivity index is 1.51. The number of anilines is 1. The van der Waals surface area contributed by atoms with Crippen molar-refractivity contribution in [3.05, 3.63) is 30.3 Å². The Bertz CT molecular complexity index is 504. The summed E-state index contributed by atoms with van der Waals surface area (Å²) in [6.07, 6.45) is 7.89. The van der Waals surface area contributed by atoms with Crippen LogP contribution in [0.25, 0.3) is 0 Å². The Morgan fingerprint density at radius 2 is 1.57 bits per heavy atom. The van der Waals surface area contributed by atoms with Gasteiger partial charge in [0.1, 0.15) is 0 Å². The molecule has 5 rings (SSSR count). The van der Waals surface area contributed by atoms with Gasteiger partial charge in [0.2, 0.25) is 0 Å². The molecule has 0 aliphatic heterocycles. The summed E-state index contributed by atoms with van der Waals surface area (Å²) in [5, 5.41) is 3.05. The Kier molecular flexibility index (Phi) is 2.98. The van der Waals surface area contributed by atoms with Crippen molar-refractivity contribution in [3.63, 3.8) is 0 Å². The van der Waals surface area contributed by atoms with Gasteiger partial charge in [-0.1, -0.05) is 18.2 Å². The van der Waals surface area contributed by atoms with Gasteiger partial charge in [0.05, 0.1) is 0 Å². The molecule has 0 aromatic heterocycles. The van der Waals surface area contributed by atoms with Crippen molar-refractivity contribution in [2.24, 2.45) is 17.8 Å². The normalized spacial score (nSPS) is 36.5. The fourth-order valence-corrected chi connectivity index (χ4v) is 5.42. The lowest BCUT2D eigenvalue weighted by Crippen LogP contribution is -2.61. The van der Waals surface area contributed by atoms with Gasteiger partial charge in [0.15, 0.2) is 0 Å². The number of benzene rings is 1. The van der Waals surface area contributed by atoms with Crippen molar-refractivity contribution in [3.8, 4) is 0 Å². The van der Waals surface area contributed by atoms with Crippen molar-refractivity contribution in [1.82, 2.24) is 4.90 Å². The molecule has 0 atom stereocenters. The average molecular weight is 284 g/mol. The smallest absolute Gasteiger partial charge is 0.322 e. The Morgan fingerprint density at radius 1 is 1.05 bits per heavy atom. The summed E-state index contributed by atoms with van der Waals surface area (Å²) in [6, 6.07) is 9.85. The molecule has 0 heterocycles. The lowest BCUT2D eigenvalue weighted by atomic mass is 9.52. The minimum Gasteiger partial charge on any atom is -0.322 e. The summed E-state index contributed by atoms with van der Waals surface area (Å²) >= 11 is 0. The summed E-state index contributed by atoms with van der Waals surface area (Å²) in [6.45, 7) is 0. The maximum absolute atomic E-state index is 12.6.